The number of rotatable bonds is 9. The maximum atomic E-state index is 13.5. The molecule has 1 N–H and O–H groups in total. The quantitative estimate of drug-likeness (QED) is 0.431. The molecule has 146 valence electrons. The summed E-state index contributed by atoms with van der Waals surface area (Å²) in [5.41, 5.74) is 1.30. The van der Waals surface area contributed by atoms with Crippen molar-refractivity contribution in [3.8, 4) is 5.75 Å². The monoisotopic (exact) mass is 401 g/mol. The summed E-state index contributed by atoms with van der Waals surface area (Å²) in [5.74, 6) is 0.907. The molecule has 0 fully saturated rings. The summed E-state index contributed by atoms with van der Waals surface area (Å²) < 4.78 is 23.9. The van der Waals surface area contributed by atoms with Gasteiger partial charge >= 0.3 is 0 Å². The van der Waals surface area contributed by atoms with Crippen LogP contribution in [-0.2, 0) is 5.75 Å². The van der Waals surface area contributed by atoms with Gasteiger partial charge in [0.2, 0.25) is 0 Å². The minimum absolute atomic E-state index is 0.210. The predicted octanol–water partition coefficient (Wildman–Crippen LogP) is 4.01. The topological polar surface area (TPSA) is 77.2 Å². The first kappa shape index (κ1) is 19.9. The Morgan fingerprint density at radius 1 is 1.29 bits per heavy atom. The van der Waals surface area contributed by atoms with Gasteiger partial charge in [-0.2, -0.15) is 0 Å². The Balaban J connectivity index is 1.47. The van der Waals surface area contributed by atoms with Gasteiger partial charge < -0.3 is 14.6 Å². The fourth-order valence-electron chi connectivity index (χ4n) is 2.42. The smallest absolute Gasteiger partial charge is 0.254 e. The lowest BCUT2D eigenvalue weighted by molar-refractivity contribution is 0.0947. The zero-order valence-corrected chi connectivity index (χ0v) is 16.2. The summed E-state index contributed by atoms with van der Waals surface area (Å²) in [7, 11) is 0. The molecule has 0 aliphatic rings. The number of benzene rings is 1. The van der Waals surface area contributed by atoms with Gasteiger partial charge in [-0.1, -0.05) is 29.1 Å². The van der Waals surface area contributed by atoms with E-state index in [4.69, 9.17) is 9.26 Å². The lowest BCUT2D eigenvalue weighted by atomic mass is 10.2. The van der Waals surface area contributed by atoms with E-state index in [1.165, 1.54) is 17.8 Å². The summed E-state index contributed by atoms with van der Waals surface area (Å²) in [6.45, 7) is 2.55. The first-order valence-electron chi connectivity index (χ1n) is 8.79. The van der Waals surface area contributed by atoms with Gasteiger partial charge in [0.1, 0.15) is 10.8 Å². The first-order chi connectivity index (χ1) is 13.6. The van der Waals surface area contributed by atoms with Crippen LogP contribution in [0.25, 0.3) is 0 Å². The molecule has 0 aliphatic carbocycles. The average Bonchev–Trinajstić information content (AvgIpc) is 3.13. The Hall–Kier alpha value is -2.87. The molecule has 3 rings (SSSR count). The van der Waals surface area contributed by atoms with Gasteiger partial charge in [-0.25, -0.2) is 9.37 Å². The number of nitrogens with zero attached hydrogens (tertiary/aromatic N) is 2. The van der Waals surface area contributed by atoms with Crippen LogP contribution in [0.5, 0.6) is 5.75 Å². The summed E-state index contributed by atoms with van der Waals surface area (Å²) in [5, 5.41) is 7.41. The third kappa shape index (κ3) is 5.56. The van der Waals surface area contributed by atoms with Crippen molar-refractivity contribution in [2.75, 3.05) is 13.2 Å². The Morgan fingerprint density at radius 3 is 2.93 bits per heavy atom. The van der Waals surface area contributed by atoms with Crippen LogP contribution >= 0.6 is 11.8 Å². The van der Waals surface area contributed by atoms with Crippen molar-refractivity contribution in [2.24, 2.45) is 0 Å². The van der Waals surface area contributed by atoms with Crippen molar-refractivity contribution in [2.45, 2.75) is 24.1 Å². The van der Waals surface area contributed by atoms with E-state index in [1.54, 1.807) is 36.5 Å². The number of aryl methyl sites for hydroxylation is 1. The van der Waals surface area contributed by atoms with Crippen molar-refractivity contribution < 1.29 is 18.4 Å². The molecule has 2 heterocycles. The normalized spacial score (nSPS) is 10.6. The molecule has 3 aromatic rings. The Kier molecular flexibility index (Phi) is 7.02. The molecular formula is C20H20FN3O3S. The number of hydrogen-bond acceptors (Lipinski definition) is 6. The lowest BCUT2D eigenvalue weighted by Gasteiger charge is -2.10. The SMILES string of the molecule is Cc1cc(CSc2ncccc2C(=O)NCCCOc2ccccc2F)no1. The summed E-state index contributed by atoms with van der Waals surface area (Å²) in [6.07, 6.45) is 2.20. The number of halogens is 1. The molecule has 0 unspecified atom stereocenters. The van der Waals surface area contributed by atoms with Crippen LogP contribution in [0.1, 0.15) is 28.2 Å². The third-order valence-electron chi connectivity index (χ3n) is 3.75. The van der Waals surface area contributed by atoms with Gasteiger partial charge in [0.25, 0.3) is 5.91 Å². The van der Waals surface area contributed by atoms with E-state index >= 15 is 0 Å². The first-order valence-corrected chi connectivity index (χ1v) is 9.77. The van der Waals surface area contributed by atoms with Gasteiger partial charge in [0, 0.05) is 24.6 Å². The second kappa shape index (κ2) is 9.89. The summed E-state index contributed by atoms with van der Waals surface area (Å²) in [4.78, 5) is 16.8. The van der Waals surface area contributed by atoms with Crippen molar-refractivity contribution in [1.82, 2.24) is 15.5 Å². The molecule has 0 radical (unpaired) electrons. The van der Waals surface area contributed by atoms with E-state index in [9.17, 15) is 9.18 Å². The van der Waals surface area contributed by atoms with Crippen LogP contribution < -0.4 is 10.1 Å². The molecule has 0 bridgehead atoms. The van der Waals surface area contributed by atoms with E-state index in [-0.39, 0.29) is 11.7 Å². The maximum absolute atomic E-state index is 13.5. The molecule has 6 nitrogen and oxygen atoms in total. The van der Waals surface area contributed by atoms with E-state index in [0.717, 1.165) is 11.5 Å². The molecule has 0 saturated carbocycles. The Labute approximate surface area is 166 Å². The summed E-state index contributed by atoms with van der Waals surface area (Å²) >= 11 is 1.42. The van der Waals surface area contributed by atoms with Crippen LogP contribution in [0.3, 0.4) is 0 Å². The van der Waals surface area contributed by atoms with Gasteiger partial charge in [0.15, 0.2) is 11.6 Å². The lowest BCUT2D eigenvalue weighted by Crippen LogP contribution is -2.26. The second-order valence-electron chi connectivity index (χ2n) is 5.96. The molecule has 8 heteroatoms. The van der Waals surface area contributed by atoms with Crippen molar-refractivity contribution in [3.05, 3.63) is 71.5 Å². The van der Waals surface area contributed by atoms with Crippen molar-refractivity contribution in [3.63, 3.8) is 0 Å². The number of hydrogen-bond donors (Lipinski definition) is 1. The fraction of sp³-hybridized carbons (Fsp3) is 0.250. The van der Waals surface area contributed by atoms with E-state index < -0.39 is 5.82 Å². The Morgan fingerprint density at radius 2 is 2.14 bits per heavy atom. The largest absolute Gasteiger partial charge is 0.490 e. The highest BCUT2D eigenvalue weighted by atomic mass is 32.2. The molecule has 1 amide bonds. The number of carbonyl (C=O) groups excluding carboxylic acids is 1. The molecule has 0 spiro atoms. The second-order valence-corrected chi connectivity index (χ2v) is 6.93. The standard InChI is InChI=1S/C20H20FN3O3S/c1-14-12-15(24-27-14)13-28-20-16(6-4-9-23-20)19(25)22-10-5-11-26-18-8-3-2-7-17(18)21/h2-4,6-9,12H,5,10-11,13H2,1H3,(H,22,25). The highest BCUT2D eigenvalue weighted by Crippen LogP contribution is 2.24. The highest BCUT2D eigenvalue weighted by molar-refractivity contribution is 7.98. The maximum Gasteiger partial charge on any atom is 0.254 e. The van der Waals surface area contributed by atoms with Gasteiger partial charge in [-0.15, -0.1) is 0 Å². The number of pyridine rings is 1. The number of ether oxygens (including phenoxy) is 1. The highest BCUT2D eigenvalue weighted by Gasteiger charge is 2.13. The Bertz CT molecular complexity index is 932. The van der Waals surface area contributed by atoms with Crippen molar-refractivity contribution in [1.29, 1.82) is 0 Å². The van der Waals surface area contributed by atoms with Crippen LogP contribution in [0, 0.1) is 12.7 Å². The molecule has 0 saturated heterocycles. The number of amides is 1. The fourth-order valence-corrected chi connectivity index (χ4v) is 3.29. The van der Waals surface area contributed by atoms with Crippen LogP contribution in [0.4, 0.5) is 4.39 Å². The zero-order valence-electron chi connectivity index (χ0n) is 15.4. The van der Waals surface area contributed by atoms with Gasteiger partial charge in [-0.3, -0.25) is 4.79 Å². The number of para-hydroxylation sites is 1. The molecule has 28 heavy (non-hydrogen) atoms. The minimum atomic E-state index is -0.397. The summed E-state index contributed by atoms with van der Waals surface area (Å²) in [6, 6.07) is 11.5. The molecule has 0 atom stereocenters. The van der Waals surface area contributed by atoms with Crippen LogP contribution in [-0.4, -0.2) is 29.2 Å². The number of thioether (sulfide) groups is 1. The van der Waals surface area contributed by atoms with Gasteiger partial charge in [-0.05, 0) is 37.6 Å². The van der Waals surface area contributed by atoms with E-state index in [1.807, 2.05) is 13.0 Å². The number of nitrogens with one attached hydrogen (secondary N) is 1. The zero-order chi connectivity index (χ0) is 19.8. The average molecular weight is 401 g/mol. The number of aromatic nitrogens is 2. The van der Waals surface area contributed by atoms with Crippen LogP contribution in [0.15, 0.2) is 58.2 Å². The van der Waals surface area contributed by atoms with E-state index in [2.05, 4.69) is 15.5 Å². The predicted molar refractivity (Wildman–Crippen MR) is 104 cm³/mol. The number of carbonyl (C=O) groups is 1. The third-order valence-corrected chi connectivity index (χ3v) is 4.79. The molecule has 2 aromatic heterocycles. The van der Waals surface area contributed by atoms with E-state index in [0.29, 0.717) is 35.9 Å². The molecule has 1 aromatic carbocycles. The molecule has 0 aliphatic heterocycles. The van der Waals surface area contributed by atoms with Gasteiger partial charge in [0.05, 0.1) is 17.9 Å². The van der Waals surface area contributed by atoms with Crippen molar-refractivity contribution >= 4 is 17.7 Å². The molecular weight excluding hydrogens is 381 g/mol. The van der Waals surface area contributed by atoms with Crippen LogP contribution in [0.2, 0.25) is 0 Å². The minimum Gasteiger partial charge on any atom is -0.490 e.